The van der Waals surface area contributed by atoms with E-state index in [1.54, 1.807) is 12.1 Å². The third-order valence-corrected chi connectivity index (χ3v) is 4.41. The molecule has 0 heterocycles. The first-order chi connectivity index (χ1) is 13.0. The highest BCUT2D eigenvalue weighted by atomic mass is 16.4. The zero-order valence-corrected chi connectivity index (χ0v) is 15.6. The van der Waals surface area contributed by atoms with Crippen LogP contribution in [0.4, 0.5) is 11.4 Å². The Morgan fingerprint density at radius 3 is 1.52 bits per heavy atom. The smallest absolute Gasteiger partial charge is 0.335 e. The van der Waals surface area contributed by atoms with Crippen LogP contribution in [-0.2, 0) is 13.1 Å². The predicted octanol–water partition coefficient (Wildman–Crippen LogP) is 5.23. The molecule has 27 heavy (non-hydrogen) atoms. The normalized spacial score (nSPS) is 10.4. The van der Waals surface area contributed by atoms with Crippen LogP contribution >= 0.6 is 0 Å². The van der Waals surface area contributed by atoms with Crippen molar-refractivity contribution in [3.63, 3.8) is 0 Å². The molecule has 0 atom stereocenters. The van der Waals surface area contributed by atoms with Crippen molar-refractivity contribution in [3.05, 3.63) is 94.5 Å². The van der Waals surface area contributed by atoms with Gasteiger partial charge in [0.1, 0.15) is 0 Å². The Hall–Kier alpha value is -3.27. The molecular weight excluding hydrogens is 336 g/mol. The van der Waals surface area contributed by atoms with Crippen LogP contribution in [0.5, 0.6) is 0 Å². The van der Waals surface area contributed by atoms with Crippen molar-refractivity contribution in [1.29, 1.82) is 0 Å². The number of anilines is 2. The highest BCUT2D eigenvalue weighted by Gasteiger charge is 2.07. The summed E-state index contributed by atoms with van der Waals surface area (Å²) in [5.74, 6) is -0.938. The Labute approximate surface area is 159 Å². The predicted molar refractivity (Wildman–Crippen MR) is 110 cm³/mol. The number of carbonyl (C=O) groups is 1. The van der Waals surface area contributed by atoms with E-state index in [9.17, 15) is 9.90 Å². The standard InChI is InChI=1S/C23H24N2O2/c1-16-3-7-18(8-4-16)14-24-21-11-20(23(26)27)12-22(13-21)25-15-19-9-5-17(2)6-10-19/h3-13,24-25H,14-15H2,1-2H3,(H,26,27). The maximum atomic E-state index is 11.5. The molecule has 0 aliphatic carbocycles. The van der Waals surface area contributed by atoms with Crippen LogP contribution in [0.2, 0.25) is 0 Å². The van der Waals surface area contributed by atoms with Gasteiger partial charge in [0.25, 0.3) is 0 Å². The van der Waals surface area contributed by atoms with Crippen LogP contribution in [0.15, 0.2) is 66.7 Å². The Kier molecular flexibility index (Phi) is 5.77. The second-order valence-corrected chi connectivity index (χ2v) is 6.78. The summed E-state index contributed by atoms with van der Waals surface area (Å²) in [7, 11) is 0. The zero-order chi connectivity index (χ0) is 19.2. The Bertz CT molecular complexity index is 848. The molecule has 0 aliphatic heterocycles. The van der Waals surface area contributed by atoms with Crippen LogP contribution in [-0.4, -0.2) is 11.1 Å². The summed E-state index contributed by atoms with van der Waals surface area (Å²) in [6.45, 7) is 5.39. The molecule has 0 aliphatic rings. The van der Waals surface area contributed by atoms with E-state index in [1.807, 2.05) is 6.07 Å². The highest BCUT2D eigenvalue weighted by molar-refractivity contribution is 5.90. The van der Waals surface area contributed by atoms with Crippen molar-refractivity contribution in [2.45, 2.75) is 26.9 Å². The summed E-state index contributed by atoms with van der Waals surface area (Å²) >= 11 is 0. The van der Waals surface area contributed by atoms with Crippen molar-refractivity contribution < 1.29 is 9.90 Å². The molecule has 3 aromatic carbocycles. The molecule has 138 valence electrons. The van der Waals surface area contributed by atoms with Crippen molar-refractivity contribution >= 4 is 17.3 Å². The molecule has 3 N–H and O–H groups in total. The van der Waals surface area contributed by atoms with E-state index in [0.717, 1.165) is 22.5 Å². The topological polar surface area (TPSA) is 61.4 Å². The van der Waals surface area contributed by atoms with Crippen LogP contribution in [0.1, 0.15) is 32.6 Å². The van der Waals surface area contributed by atoms with Gasteiger partial charge in [0.15, 0.2) is 0 Å². The van der Waals surface area contributed by atoms with Crippen molar-refractivity contribution in [3.8, 4) is 0 Å². The fourth-order valence-corrected chi connectivity index (χ4v) is 2.78. The van der Waals surface area contributed by atoms with E-state index in [-0.39, 0.29) is 5.56 Å². The van der Waals surface area contributed by atoms with Gasteiger partial charge in [-0.1, -0.05) is 59.7 Å². The highest BCUT2D eigenvalue weighted by Crippen LogP contribution is 2.21. The molecule has 0 spiro atoms. The minimum atomic E-state index is -0.938. The van der Waals surface area contributed by atoms with Gasteiger partial charge < -0.3 is 15.7 Å². The van der Waals surface area contributed by atoms with Crippen LogP contribution < -0.4 is 10.6 Å². The van der Waals surface area contributed by atoms with Gasteiger partial charge in [-0.05, 0) is 43.2 Å². The molecule has 4 nitrogen and oxygen atoms in total. The summed E-state index contributed by atoms with van der Waals surface area (Å²) in [4.78, 5) is 11.5. The number of carboxylic acids is 1. The number of rotatable bonds is 7. The third kappa shape index (κ3) is 5.35. The Morgan fingerprint density at radius 1 is 0.741 bits per heavy atom. The fourth-order valence-electron chi connectivity index (χ4n) is 2.78. The lowest BCUT2D eigenvalue weighted by molar-refractivity contribution is 0.0697. The monoisotopic (exact) mass is 360 g/mol. The molecule has 0 saturated heterocycles. The van der Waals surface area contributed by atoms with E-state index in [0.29, 0.717) is 13.1 Å². The summed E-state index contributed by atoms with van der Waals surface area (Å²) in [6.07, 6.45) is 0. The second kappa shape index (κ2) is 8.41. The lowest BCUT2D eigenvalue weighted by atomic mass is 10.1. The van der Waals surface area contributed by atoms with Gasteiger partial charge in [-0.3, -0.25) is 0 Å². The lowest BCUT2D eigenvalue weighted by Crippen LogP contribution is -2.05. The molecule has 3 rings (SSSR count). The molecule has 0 unspecified atom stereocenters. The number of carboxylic acid groups (broad SMARTS) is 1. The quantitative estimate of drug-likeness (QED) is 0.540. The summed E-state index contributed by atoms with van der Waals surface area (Å²) in [5.41, 5.74) is 6.55. The molecule has 0 aromatic heterocycles. The fraction of sp³-hybridized carbons (Fsp3) is 0.174. The van der Waals surface area contributed by atoms with Crippen molar-refractivity contribution in [1.82, 2.24) is 0 Å². The minimum Gasteiger partial charge on any atom is -0.478 e. The van der Waals surface area contributed by atoms with Crippen molar-refractivity contribution in [2.24, 2.45) is 0 Å². The van der Waals surface area contributed by atoms with Crippen LogP contribution in [0.3, 0.4) is 0 Å². The maximum Gasteiger partial charge on any atom is 0.335 e. The minimum absolute atomic E-state index is 0.260. The molecule has 3 aromatic rings. The molecule has 0 bridgehead atoms. The van der Waals surface area contributed by atoms with Gasteiger partial charge >= 0.3 is 5.97 Å². The van der Waals surface area contributed by atoms with Gasteiger partial charge in [0.05, 0.1) is 5.56 Å². The SMILES string of the molecule is Cc1ccc(CNc2cc(NCc3ccc(C)cc3)cc(C(=O)O)c2)cc1. The van der Waals surface area contributed by atoms with Gasteiger partial charge in [-0.2, -0.15) is 0 Å². The molecule has 0 radical (unpaired) electrons. The maximum absolute atomic E-state index is 11.5. The summed E-state index contributed by atoms with van der Waals surface area (Å²) in [6, 6.07) is 21.8. The van der Waals surface area contributed by atoms with E-state index in [1.165, 1.54) is 11.1 Å². The molecule has 0 fully saturated rings. The van der Waals surface area contributed by atoms with Crippen molar-refractivity contribution in [2.75, 3.05) is 10.6 Å². The average molecular weight is 360 g/mol. The number of hydrogen-bond acceptors (Lipinski definition) is 3. The van der Waals surface area contributed by atoms with Gasteiger partial charge in [0, 0.05) is 24.5 Å². The molecule has 0 amide bonds. The van der Waals surface area contributed by atoms with Gasteiger partial charge in [0.2, 0.25) is 0 Å². The molecule has 4 heteroatoms. The first-order valence-corrected chi connectivity index (χ1v) is 8.97. The summed E-state index contributed by atoms with van der Waals surface area (Å²) < 4.78 is 0. The number of benzene rings is 3. The van der Waals surface area contributed by atoms with Crippen LogP contribution in [0.25, 0.3) is 0 Å². The number of hydrogen-bond donors (Lipinski definition) is 3. The lowest BCUT2D eigenvalue weighted by Gasteiger charge is -2.12. The third-order valence-electron chi connectivity index (χ3n) is 4.41. The van der Waals surface area contributed by atoms with Gasteiger partial charge in [-0.25, -0.2) is 4.79 Å². The second-order valence-electron chi connectivity index (χ2n) is 6.78. The van der Waals surface area contributed by atoms with Crippen LogP contribution in [0, 0.1) is 13.8 Å². The average Bonchev–Trinajstić information content (AvgIpc) is 2.67. The van der Waals surface area contributed by atoms with E-state index >= 15 is 0 Å². The van der Waals surface area contributed by atoms with E-state index < -0.39 is 5.97 Å². The number of nitrogens with one attached hydrogen (secondary N) is 2. The zero-order valence-electron chi connectivity index (χ0n) is 15.6. The molecular formula is C23H24N2O2. The summed E-state index contributed by atoms with van der Waals surface area (Å²) in [5, 5.41) is 16.0. The van der Waals surface area contributed by atoms with E-state index in [2.05, 4.69) is 73.0 Å². The Balaban J connectivity index is 1.72. The largest absolute Gasteiger partial charge is 0.478 e. The number of aromatic carboxylic acids is 1. The first kappa shape index (κ1) is 18.5. The number of aryl methyl sites for hydroxylation is 2. The van der Waals surface area contributed by atoms with Gasteiger partial charge in [-0.15, -0.1) is 0 Å². The van der Waals surface area contributed by atoms with E-state index in [4.69, 9.17) is 0 Å². The molecule has 0 saturated carbocycles. The Morgan fingerprint density at radius 2 is 1.15 bits per heavy atom. The first-order valence-electron chi connectivity index (χ1n) is 8.97.